The van der Waals surface area contributed by atoms with E-state index < -0.39 is 0 Å². The monoisotopic (exact) mass is 409 g/mol. The van der Waals surface area contributed by atoms with Gasteiger partial charge >= 0.3 is 0 Å². The Morgan fingerprint density at radius 2 is 1.63 bits per heavy atom. The maximum Gasteiger partial charge on any atom is 0.253 e. The van der Waals surface area contributed by atoms with E-state index in [0.29, 0.717) is 36.9 Å². The first-order valence-corrected chi connectivity index (χ1v) is 10.6. The highest BCUT2D eigenvalue weighted by Gasteiger charge is 2.30. The molecular formula is C24H31N3O3. The van der Waals surface area contributed by atoms with E-state index in [4.69, 9.17) is 4.74 Å². The lowest BCUT2D eigenvalue weighted by molar-refractivity contribution is -0.117. The van der Waals surface area contributed by atoms with E-state index in [1.54, 1.807) is 36.3 Å². The van der Waals surface area contributed by atoms with Gasteiger partial charge in [-0.1, -0.05) is 12.1 Å². The van der Waals surface area contributed by atoms with E-state index in [0.717, 1.165) is 30.7 Å². The molecule has 2 amide bonds. The van der Waals surface area contributed by atoms with E-state index in [1.807, 2.05) is 38.1 Å². The highest BCUT2D eigenvalue weighted by Crippen LogP contribution is 2.28. The van der Waals surface area contributed by atoms with Gasteiger partial charge in [-0.25, -0.2) is 0 Å². The molecule has 0 unspecified atom stereocenters. The van der Waals surface area contributed by atoms with Crippen molar-refractivity contribution in [1.82, 2.24) is 9.80 Å². The molecule has 0 atom stereocenters. The Bertz CT molecular complexity index is 841. The minimum absolute atomic E-state index is 0.0114. The molecule has 0 spiro atoms. The molecule has 1 saturated carbocycles. The third-order valence-electron chi connectivity index (χ3n) is 5.42. The molecule has 30 heavy (non-hydrogen) atoms. The molecule has 0 aliphatic heterocycles. The van der Waals surface area contributed by atoms with Crippen LogP contribution in [0.4, 0.5) is 5.69 Å². The molecule has 1 aliphatic carbocycles. The number of anilines is 1. The van der Waals surface area contributed by atoms with Crippen LogP contribution in [0, 0.1) is 0 Å². The number of amides is 2. The van der Waals surface area contributed by atoms with E-state index in [1.165, 1.54) is 0 Å². The SMILES string of the molecule is CCN(CC)C(=O)c1ccc(NC(=O)CN(Cc2ccc(OC)cc2)C2CC2)cc1. The van der Waals surface area contributed by atoms with E-state index in [-0.39, 0.29) is 11.8 Å². The zero-order valence-corrected chi connectivity index (χ0v) is 18.1. The molecule has 6 nitrogen and oxygen atoms in total. The van der Waals surface area contributed by atoms with Crippen molar-refractivity contribution in [2.75, 3.05) is 32.1 Å². The fourth-order valence-corrected chi connectivity index (χ4v) is 3.49. The molecule has 2 aromatic carbocycles. The lowest BCUT2D eigenvalue weighted by atomic mass is 10.1. The summed E-state index contributed by atoms with van der Waals surface area (Å²) < 4.78 is 5.21. The van der Waals surface area contributed by atoms with Crippen LogP contribution in [0.15, 0.2) is 48.5 Å². The standard InChI is InChI=1S/C24H31N3O3/c1-4-26(5-2)24(29)19-8-10-20(11-9-19)25-23(28)17-27(21-12-13-21)16-18-6-14-22(30-3)15-7-18/h6-11,14-15,21H,4-5,12-13,16-17H2,1-3H3,(H,25,28). The first-order chi connectivity index (χ1) is 14.5. The summed E-state index contributed by atoms with van der Waals surface area (Å²) >= 11 is 0. The minimum atomic E-state index is -0.0433. The lowest BCUT2D eigenvalue weighted by Gasteiger charge is -2.22. The highest BCUT2D eigenvalue weighted by molar-refractivity contribution is 5.96. The van der Waals surface area contributed by atoms with Crippen LogP contribution in [0.2, 0.25) is 0 Å². The van der Waals surface area contributed by atoms with Gasteiger partial charge in [0.25, 0.3) is 5.91 Å². The fourth-order valence-electron chi connectivity index (χ4n) is 3.49. The van der Waals surface area contributed by atoms with E-state index in [9.17, 15) is 9.59 Å². The molecule has 0 aromatic heterocycles. The van der Waals surface area contributed by atoms with Gasteiger partial charge in [-0.15, -0.1) is 0 Å². The smallest absolute Gasteiger partial charge is 0.253 e. The second-order valence-electron chi connectivity index (χ2n) is 7.59. The van der Waals surface area contributed by atoms with Crippen molar-refractivity contribution in [2.45, 2.75) is 39.3 Å². The fraction of sp³-hybridized carbons (Fsp3) is 0.417. The Kier molecular flexibility index (Phi) is 7.46. The van der Waals surface area contributed by atoms with Crippen LogP contribution in [-0.2, 0) is 11.3 Å². The van der Waals surface area contributed by atoms with Crippen LogP contribution in [0.1, 0.15) is 42.6 Å². The van der Waals surface area contributed by atoms with Crippen molar-refractivity contribution in [3.63, 3.8) is 0 Å². The van der Waals surface area contributed by atoms with Gasteiger partial charge in [-0.05, 0) is 68.7 Å². The normalized spacial score (nSPS) is 13.2. The molecule has 3 rings (SSSR count). The summed E-state index contributed by atoms with van der Waals surface area (Å²) in [6, 6.07) is 15.6. The summed E-state index contributed by atoms with van der Waals surface area (Å²) in [6.07, 6.45) is 2.26. The van der Waals surface area contributed by atoms with E-state index >= 15 is 0 Å². The van der Waals surface area contributed by atoms with Crippen LogP contribution >= 0.6 is 0 Å². The van der Waals surface area contributed by atoms with Crippen molar-refractivity contribution < 1.29 is 14.3 Å². The predicted molar refractivity (Wildman–Crippen MR) is 119 cm³/mol. The number of nitrogens with one attached hydrogen (secondary N) is 1. The molecule has 0 bridgehead atoms. The molecule has 6 heteroatoms. The number of carbonyl (C=O) groups excluding carboxylic acids is 2. The average molecular weight is 410 g/mol. The van der Waals surface area contributed by atoms with Crippen LogP contribution in [0.25, 0.3) is 0 Å². The molecule has 2 aromatic rings. The Labute approximate surface area is 178 Å². The zero-order valence-electron chi connectivity index (χ0n) is 18.1. The maximum atomic E-state index is 12.6. The van der Waals surface area contributed by atoms with Gasteiger partial charge in [0.15, 0.2) is 0 Å². The molecule has 1 aliphatic rings. The number of hydrogen-bond donors (Lipinski definition) is 1. The van der Waals surface area contributed by atoms with Gasteiger partial charge in [0.2, 0.25) is 5.91 Å². The largest absolute Gasteiger partial charge is 0.497 e. The number of ether oxygens (including phenoxy) is 1. The number of rotatable bonds is 10. The molecule has 0 saturated heterocycles. The summed E-state index contributed by atoms with van der Waals surface area (Å²) in [4.78, 5) is 29.0. The minimum Gasteiger partial charge on any atom is -0.497 e. The maximum absolute atomic E-state index is 12.6. The third kappa shape index (κ3) is 5.83. The number of carbonyl (C=O) groups is 2. The molecular weight excluding hydrogens is 378 g/mol. The number of hydrogen-bond acceptors (Lipinski definition) is 4. The van der Waals surface area contributed by atoms with E-state index in [2.05, 4.69) is 10.2 Å². The predicted octanol–water partition coefficient (Wildman–Crippen LogP) is 3.78. The summed E-state index contributed by atoms with van der Waals surface area (Å²) in [7, 11) is 1.65. The Hall–Kier alpha value is -2.86. The lowest BCUT2D eigenvalue weighted by Crippen LogP contribution is -2.34. The molecule has 1 N–H and O–H groups in total. The Morgan fingerprint density at radius 1 is 1.00 bits per heavy atom. The van der Waals surface area contributed by atoms with Crippen LogP contribution in [0.5, 0.6) is 5.75 Å². The topological polar surface area (TPSA) is 61.9 Å². The van der Waals surface area contributed by atoms with Crippen LogP contribution in [0.3, 0.4) is 0 Å². The second-order valence-corrected chi connectivity index (χ2v) is 7.59. The van der Waals surface area contributed by atoms with Crippen molar-refractivity contribution in [3.05, 3.63) is 59.7 Å². The van der Waals surface area contributed by atoms with Gasteiger partial charge < -0.3 is 15.0 Å². The summed E-state index contributed by atoms with van der Waals surface area (Å²) in [5.74, 6) is 0.799. The quantitative estimate of drug-likeness (QED) is 0.649. The van der Waals surface area contributed by atoms with Gasteiger partial charge in [0, 0.05) is 36.9 Å². The average Bonchev–Trinajstić information content (AvgIpc) is 3.60. The van der Waals surface area contributed by atoms with Crippen molar-refractivity contribution in [3.8, 4) is 5.75 Å². The number of methoxy groups -OCH3 is 1. The van der Waals surface area contributed by atoms with Gasteiger partial charge in [-0.2, -0.15) is 0 Å². The molecule has 0 heterocycles. The number of benzene rings is 2. The summed E-state index contributed by atoms with van der Waals surface area (Å²) in [6.45, 7) is 6.37. The van der Waals surface area contributed by atoms with Crippen molar-refractivity contribution in [1.29, 1.82) is 0 Å². The first-order valence-electron chi connectivity index (χ1n) is 10.6. The van der Waals surface area contributed by atoms with Crippen LogP contribution < -0.4 is 10.1 Å². The first kappa shape index (κ1) is 21.8. The van der Waals surface area contributed by atoms with Gasteiger partial charge in [0.1, 0.15) is 5.75 Å². The third-order valence-corrected chi connectivity index (χ3v) is 5.42. The molecule has 160 valence electrons. The highest BCUT2D eigenvalue weighted by atomic mass is 16.5. The van der Waals surface area contributed by atoms with Gasteiger partial charge in [-0.3, -0.25) is 14.5 Å². The molecule has 1 fully saturated rings. The Balaban J connectivity index is 1.57. The Morgan fingerprint density at radius 3 is 2.17 bits per heavy atom. The number of nitrogens with zero attached hydrogens (tertiary/aromatic N) is 2. The van der Waals surface area contributed by atoms with Crippen molar-refractivity contribution in [2.24, 2.45) is 0 Å². The zero-order chi connectivity index (χ0) is 21.5. The van der Waals surface area contributed by atoms with Crippen molar-refractivity contribution >= 4 is 17.5 Å². The molecule has 0 radical (unpaired) electrons. The summed E-state index contributed by atoms with van der Waals surface area (Å²) in [5, 5.41) is 2.96. The van der Waals surface area contributed by atoms with Gasteiger partial charge in [0.05, 0.1) is 13.7 Å². The van der Waals surface area contributed by atoms with Crippen LogP contribution in [-0.4, -0.2) is 54.4 Å². The second kappa shape index (κ2) is 10.3. The summed E-state index contributed by atoms with van der Waals surface area (Å²) in [5.41, 5.74) is 2.50.